The van der Waals surface area contributed by atoms with E-state index in [0.717, 1.165) is 6.42 Å². The van der Waals surface area contributed by atoms with Crippen LogP contribution in [-0.2, 0) is 6.42 Å². The minimum absolute atomic E-state index is 0.370. The highest BCUT2D eigenvalue weighted by atomic mass is 14.9. The fourth-order valence-corrected chi connectivity index (χ4v) is 2.02. The molecule has 1 nitrogen and oxygen atoms in total. The second-order valence-electron chi connectivity index (χ2n) is 4.66. The van der Waals surface area contributed by atoms with E-state index in [9.17, 15) is 0 Å². The van der Waals surface area contributed by atoms with Crippen LogP contribution < -0.4 is 5.32 Å². The lowest BCUT2D eigenvalue weighted by atomic mass is 9.98. The molecular formula is C17H20N. The van der Waals surface area contributed by atoms with Crippen molar-refractivity contribution in [2.45, 2.75) is 19.4 Å². The number of benzene rings is 2. The number of hydrogen-bond acceptors (Lipinski definition) is 1. The van der Waals surface area contributed by atoms with E-state index in [2.05, 4.69) is 73.3 Å². The van der Waals surface area contributed by atoms with Gasteiger partial charge in [-0.15, -0.1) is 0 Å². The summed E-state index contributed by atoms with van der Waals surface area (Å²) in [5, 5.41) is 3.36. The van der Waals surface area contributed by atoms with E-state index in [0.29, 0.717) is 6.04 Å². The van der Waals surface area contributed by atoms with Gasteiger partial charge in [-0.3, -0.25) is 0 Å². The van der Waals surface area contributed by atoms with Gasteiger partial charge in [0.25, 0.3) is 0 Å². The zero-order chi connectivity index (χ0) is 12.8. The molecule has 1 heteroatoms. The van der Waals surface area contributed by atoms with Gasteiger partial charge in [0.05, 0.1) is 0 Å². The number of aryl methyl sites for hydroxylation is 1. The minimum atomic E-state index is 0.370. The second kappa shape index (κ2) is 6.36. The van der Waals surface area contributed by atoms with Crippen molar-refractivity contribution >= 4 is 0 Å². The van der Waals surface area contributed by atoms with Gasteiger partial charge in [-0.25, -0.2) is 0 Å². The average molecular weight is 238 g/mol. The van der Waals surface area contributed by atoms with E-state index in [1.807, 2.05) is 7.05 Å². The molecule has 1 N–H and O–H groups in total. The van der Waals surface area contributed by atoms with Crippen LogP contribution in [-0.4, -0.2) is 13.1 Å². The monoisotopic (exact) mass is 238 g/mol. The number of likely N-dealkylation sites (N-methyl/N-ethyl adjacent to an activating group) is 1. The molecule has 1 radical (unpaired) electrons. The minimum Gasteiger partial charge on any atom is -0.316 e. The van der Waals surface area contributed by atoms with Crippen molar-refractivity contribution in [3.63, 3.8) is 0 Å². The van der Waals surface area contributed by atoms with Crippen LogP contribution in [0.15, 0.2) is 54.6 Å². The summed E-state index contributed by atoms with van der Waals surface area (Å²) in [4.78, 5) is 0. The highest BCUT2D eigenvalue weighted by Gasteiger charge is 2.08. The van der Waals surface area contributed by atoms with Crippen LogP contribution >= 0.6 is 0 Å². The van der Waals surface area contributed by atoms with Crippen LogP contribution in [0.5, 0.6) is 0 Å². The van der Waals surface area contributed by atoms with Gasteiger partial charge >= 0.3 is 0 Å². The van der Waals surface area contributed by atoms with Crippen molar-refractivity contribution in [3.05, 3.63) is 77.7 Å². The van der Waals surface area contributed by atoms with Crippen molar-refractivity contribution < 1.29 is 0 Å². The van der Waals surface area contributed by atoms with Crippen LogP contribution in [0.4, 0.5) is 0 Å². The Bertz CT molecular complexity index is 459. The molecule has 1 atom stereocenters. The molecule has 0 spiro atoms. The first kappa shape index (κ1) is 12.8. The quantitative estimate of drug-likeness (QED) is 0.842. The maximum absolute atomic E-state index is 3.36. The summed E-state index contributed by atoms with van der Waals surface area (Å²) in [5.41, 5.74) is 3.94. The third-order valence-corrected chi connectivity index (χ3v) is 3.14. The summed E-state index contributed by atoms with van der Waals surface area (Å²) in [6, 6.07) is 19.6. The van der Waals surface area contributed by atoms with Crippen molar-refractivity contribution in [2.24, 2.45) is 0 Å². The summed E-state index contributed by atoms with van der Waals surface area (Å²) < 4.78 is 0. The first-order chi connectivity index (χ1) is 8.78. The first-order valence-electron chi connectivity index (χ1n) is 6.40. The Kier molecular flexibility index (Phi) is 4.54. The molecule has 0 bridgehead atoms. The topological polar surface area (TPSA) is 12.0 Å². The summed E-state index contributed by atoms with van der Waals surface area (Å²) in [5.74, 6) is 0. The molecular weight excluding hydrogens is 218 g/mol. The van der Waals surface area contributed by atoms with Gasteiger partial charge in [0, 0.05) is 12.5 Å². The largest absolute Gasteiger partial charge is 0.316 e. The molecule has 0 fully saturated rings. The summed E-state index contributed by atoms with van der Waals surface area (Å²) in [6.07, 6.45) is 3.30. The molecule has 2 rings (SSSR count). The van der Waals surface area contributed by atoms with Gasteiger partial charge in [0.2, 0.25) is 0 Å². The van der Waals surface area contributed by atoms with E-state index in [4.69, 9.17) is 0 Å². The van der Waals surface area contributed by atoms with Crippen LogP contribution in [0.2, 0.25) is 0 Å². The van der Waals surface area contributed by atoms with E-state index in [1.165, 1.54) is 16.7 Å². The smallest absolute Gasteiger partial charge is 0.0180 e. The Balaban J connectivity index is 1.99. The third-order valence-electron chi connectivity index (χ3n) is 3.14. The van der Waals surface area contributed by atoms with Crippen molar-refractivity contribution in [1.29, 1.82) is 0 Å². The fourth-order valence-electron chi connectivity index (χ4n) is 2.02. The van der Waals surface area contributed by atoms with Crippen molar-refractivity contribution in [1.82, 2.24) is 5.32 Å². The molecule has 0 aliphatic carbocycles. The van der Waals surface area contributed by atoms with E-state index in [-0.39, 0.29) is 0 Å². The number of nitrogens with one attached hydrogen (secondary N) is 1. The van der Waals surface area contributed by atoms with Crippen molar-refractivity contribution in [2.75, 3.05) is 7.05 Å². The SMILES string of the molecule is CNC([CH]c1ccc(C)cc1)Cc1ccccc1. The van der Waals surface area contributed by atoms with Gasteiger partial charge in [-0.2, -0.15) is 0 Å². The Morgan fingerprint density at radius 1 is 1.00 bits per heavy atom. The lowest BCUT2D eigenvalue weighted by molar-refractivity contribution is 0.634. The predicted molar refractivity (Wildman–Crippen MR) is 77.6 cm³/mol. The maximum Gasteiger partial charge on any atom is 0.0180 e. The molecule has 2 aromatic rings. The predicted octanol–water partition coefficient (Wildman–Crippen LogP) is 3.38. The average Bonchev–Trinajstić information content (AvgIpc) is 2.41. The molecule has 0 amide bonds. The fraction of sp³-hybridized carbons (Fsp3) is 0.235. The maximum atomic E-state index is 3.36. The second-order valence-corrected chi connectivity index (χ2v) is 4.66. The van der Waals surface area contributed by atoms with Gasteiger partial charge in [-0.05, 0) is 31.5 Å². The molecule has 18 heavy (non-hydrogen) atoms. The van der Waals surface area contributed by atoms with Gasteiger partial charge in [0.1, 0.15) is 0 Å². The number of rotatable bonds is 5. The first-order valence-corrected chi connectivity index (χ1v) is 6.40. The normalized spacial score (nSPS) is 12.3. The zero-order valence-electron chi connectivity index (χ0n) is 11.1. The number of hydrogen-bond donors (Lipinski definition) is 1. The van der Waals surface area contributed by atoms with E-state index >= 15 is 0 Å². The molecule has 0 aromatic heterocycles. The summed E-state index contributed by atoms with van der Waals surface area (Å²) >= 11 is 0. The van der Waals surface area contributed by atoms with E-state index < -0.39 is 0 Å². The molecule has 0 saturated heterocycles. The summed E-state index contributed by atoms with van der Waals surface area (Å²) in [6.45, 7) is 2.11. The summed E-state index contributed by atoms with van der Waals surface area (Å²) in [7, 11) is 2.01. The van der Waals surface area contributed by atoms with Gasteiger partial charge < -0.3 is 5.32 Å². The molecule has 0 aliphatic heterocycles. The molecule has 0 heterocycles. The van der Waals surface area contributed by atoms with Crippen LogP contribution in [0.3, 0.4) is 0 Å². The molecule has 0 aliphatic rings. The lowest BCUT2D eigenvalue weighted by Crippen LogP contribution is -2.28. The Hall–Kier alpha value is -1.60. The highest BCUT2D eigenvalue weighted by molar-refractivity contribution is 5.29. The Labute approximate surface area is 110 Å². The molecule has 93 valence electrons. The van der Waals surface area contributed by atoms with Crippen LogP contribution in [0.1, 0.15) is 16.7 Å². The van der Waals surface area contributed by atoms with Gasteiger partial charge in [-0.1, -0.05) is 60.2 Å². The zero-order valence-corrected chi connectivity index (χ0v) is 11.1. The van der Waals surface area contributed by atoms with E-state index in [1.54, 1.807) is 0 Å². The Morgan fingerprint density at radius 3 is 2.28 bits per heavy atom. The van der Waals surface area contributed by atoms with Crippen LogP contribution in [0.25, 0.3) is 0 Å². The van der Waals surface area contributed by atoms with Crippen LogP contribution in [0, 0.1) is 13.3 Å². The van der Waals surface area contributed by atoms with Gasteiger partial charge in [0.15, 0.2) is 0 Å². The third kappa shape index (κ3) is 3.71. The highest BCUT2D eigenvalue weighted by Crippen LogP contribution is 2.11. The standard InChI is InChI=1S/C17H20N/c1-14-8-10-16(11-9-14)13-17(18-2)12-15-6-4-3-5-7-15/h3-11,13,17-18H,12H2,1-2H3. The Morgan fingerprint density at radius 2 is 1.67 bits per heavy atom. The van der Waals surface area contributed by atoms with Crippen molar-refractivity contribution in [3.8, 4) is 0 Å². The molecule has 1 unspecified atom stereocenters. The molecule has 0 saturated carbocycles. The molecule has 2 aromatic carbocycles. The lowest BCUT2D eigenvalue weighted by Gasteiger charge is -2.16.